The molecule has 0 aromatic rings. The first-order valence-corrected chi connectivity index (χ1v) is 5.01. The molecule has 0 aliphatic carbocycles. The smallest absolute Gasteiger partial charge is 0.0967 e. The van der Waals surface area contributed by atoms with Gasteiger partial charge in [-0.2, -0.15) is 0 Å². The molecule has 0 aromatic heterocycles. The first-order valence-electron chi connectivity index (χ1n) is 3.94. The van der Waals surface area contributed by atoms with Crippen LogP contribution < -0.4 is 0 Å². The van der Waals surface area contributed by atoms with E-state index in [9.17, 15) is 5.11 Å². The number of alkyl halides is 2. The fourth-order valence-electron chi connectivity index (χ4n) is 0.750. The molecule has 0 rings (SSSR count). The molecule has 1 N–H and O–H groups in total. The van der Waals surface area contributed by atoms with Gasteiger partial charge in [-0.1, -0.05) is 20.8 Å². The van der Waals surface area contributed by atoms with Crippen LogP contribution in [0.15, 0.2) is 0 Å². The largest absolute Gasteiger partial charge is 0.390 e. The van der Waals surface area contributed by atoms with E-state index in [1.807, 2.05) is 20.8 Å². The normalized spacial score (nSPS) is 10.4. The molecule has 11 heavy (non-hydrogen) atoms. The molecule has 0 spiro atoms. The standard InChI is InChI=1S/C7H16O.CH2Cl2/c1-4-7(8,5-2)6-3;2-1-3/h8H,4-6H2,1-3H3;1H2. The molecule has 3 heteroatoms. The molecule has 0 bridgehead atoms. The monoisotopic (exact) mass is 200 g/mol. The van der Waals surface area contributed by atoms with Crippen molar-refractivity contribution in [2.24, 2.45) is 0 Å². The van der Waals surface area contributed by atoms with E-state index in [1.54, 1.807) is 0 Å². The Morgan fingerprint density at radius 3 is 1.18 bits per heavy atom. The Bertz CT molecular complexity index is 64.2. The fourth-order valence-corrected chi connectivity index (χ4v) is 0.750. The Hall–Kier alpha value is 0.540. The van der Waals surface area contributed by atoms with Crippen LogP contribution in [0.1, 0.15) is 40.0 Å². The molecule has 1 nitrogen and oxygen atoms in total. The van der Waals surface area contributed by atoms with E-state index in [0.717, 1.165) is 19.3 Å². The lowest BCUT2D eigenvalue weighted by molar-refractivity contribution is 0.0285. The highest BCUT2D eigenvalue weighted by Crippen LogP contribution is 2.17. The van der Waals surface area contributed by atoms with Crippen LogP contribution >= 0.6 is 23.2 Å². The molecule has 0 unspecified atom stereocenters. The Kier molecular flexibility index (Phi) is 11.1. The van der Waals surface area contributed by atoms with Gasteiger partial charge in [-0.25, -0.2) is 0 Å². The third-order valence-electron chi connectivity index (χ3n) is 1.97. The fraction of sp³-hybridized carbons (Fsp3) is 1.00. The van der Waals surface area contributed by atoms with E-state index in [2.05, 4.69) is 0 Å². The van der Waals surface area contributed by atoms with Crippen molar-refractivity contribution in [3.8, 4) is 0 Å². The molecule has 0 aromatic carbocycles. The molecule has 0 amide bonds. The summed E-state index contributed by atoms with van der Waals surface area (Å²) in [6.45, 7) is 6.06. The lowest BCUT2D eigenvalue weighted by Crippen LogP contribution is -2.24. The first kappa shape index (κ1) is 14.1. The van der Waals surface area contributed by atoms with Gasteiger partial charge in [0.1, 0.15) is 0 Å². The van der Waals surface area contributed by atoms with Gasteiger partial charge in [0.05, 0.1) is 10.9 Å². The van der Waals surface area contributed by atoms with Gasteiger partial charge >= 0.3 is 0 Å². The van der Waals surface area contributed by atoms with Crippen molar-refractivity contribution in [3.05, 3.63) is 0 Å². The first-order chi connectivity index (χ1) is 5.10. The average Bonchev–Trinajstić information content (AvgIpc) is 2.05. The SMILES string of the molecule is CCC(O)(CC)CC.ClCCl. The highest BCUT2D eigenvalue weighted by atomic mass is 35.5. The van der Waals surface area contributed by atoms with E-state index in [1.165, 1.54) is 0 Å². The minimum atomic E-state index is -0.375. The maximum Gasteiger partial charge on any atom is 0.0967 e. The number of aliphatic hydroxyl groups is 1. The summed E-state index contributed by atoms with van der Waals surface area (Å²) in [5, 5.41) is 9.63. The number of hydrogen-bond donors (Lipinski definition) is 1. The zero-order chi connectivity index (χ0) is 9.33. The number of hydrogen-bond acceptors (Lipinski definition) is 1. The molecule has 0 aliphatic heterocycles. The summed E-state index contributed by atoms with van der Waals surface area (Å²) < 4.78 is 0. The maximum atomic E-state index is 9.44. The van der Waals surface area contributed by atoms with E-state index >= 15 is 0 Å². The lowest BCUT2D eigenvalue weighted by Gasteiger charge is -2.22. The molecule has 0 saturated heterocycles. The van der Waals surface area contributed by atoms with E-state index in [4.69, 9.17) is 23.2 Å². The van der Waals surface area contributed by atoms with E-state index < -0.39 is 0 Å². The van der Waals surface area contributed by atoms with Crippen molar-refractivity contribution in [1.29, 1.82) is 0 Å². The molecule has 70 valence electrons. The Balaban J connectivity index is 0. The van der Waals surface area contributed by atoms with Gasteiger partial charge in [0.15, 0.2) is 0 Å². The second-order valence-electron chi connectivity index (χ2n) is 2.39. The van der Waals surface area contributed by atoms with Crippen LogP contribution in [-0.2, 0) is 0 Å². The molecule has 0 fully saturated rings. The maximum absolute atomic E-state index is 9.44. The predicted molar refractivity (Wildman–Crippen MR) is 52.4 cm³/mol. The Morgan fingerprint density at radius 2 is 1.18 bits per heavy atom. The molecule has 0 aliphatic rings. The number of rotatable bonds is 3. The Morgan fingerprint density at radius 1 is 1.00 bits per heavy atom. The van der Waals surface area contributed by atoms with Gasteiger partial charge in [-0.15, -0.1) is 23.2 Å². The summed E-state index contributed by atoms with van der Waals surface area (Å²) in [6, 6.07) is 0. The second kappa shape index (κ2) is 8.63. The minimum Gasteiger partial charge on any atom is -0.390 e. The van der Waals surface area contributed by atoms with Crippen molar-refractivity contribution >= 4 is 23.2 Å². The predicted octanol–water partition coefficient (Wildman–Crippen LogP) is 3.37. The van der Waals surface area contributed by atoms with Crippen LogP contribution in [0.3, 0.4) is 0 Å². The van der Waals surface area contributed by atoms with Gasteiger partial charge in [0, 0.05) is 0 Å². The molecule has 0 atom stereocenters. The molecular formula is C8H18Cl2O. The van der Waals surface area contributed by atoms with Crippen LogP contribution in [0.4, 0.5) is 0 Å². The highest BCUT2D eigenvalue weighted by molar-refractivity contribution is 6.40. The van der Waals surface area contributed by atoms with Crippen molar-refractivity contribution in [2.45, 2.75) is 45.6 Å². The summed E-state index contributed by atoms with van der Waals surface area (Å²) in [5.74, 6) is 0. The molecule has 0 heterocycles. The van der Waals surface area contributed by atoms with Gasteiger partial charge in [-0.3, -0.25) is 0 Å². The van der Waals surface area contributed by atoms with Crippen LogP contribution in [0.25, 0.3) is 0 Å². The molecule has 0 radical (unpaired) electrons. The summed E-state index contributed by atoms with van der Waals surface area (Å²) >= 11 is 9.53. The third kappa shape index (κ3) is 8.45. The molecule has 0 saturated carbocycles. The van der Waals surface area contributed by atoms with Crippen LogP contribution in [-0.4, -0.2) is 16.0 Å². The van der Waals surface area contributed by atoms with Crippen molar-refractivity contribution in [1.82, 2.24) is 0 Å². The van der Waals surface area contributed by atoms with Gasteiger partial charge in [0.25, 0.3) is 0 Å². The summed E-state index contributed by atoms with van der Waals surface area (Å²) in [7, 11) is 0. The number of halogens is 2. The minimum absolute atomic E-state index is 0.194. The molecular weight excluding hydrogens is 183 g/mol. The topological polar surface area (TPSA) is 20.2 Å². The zero-order valence-corrected chi connectivity index (χ0v) is 9.04. The van der Waals surface area contributed by atoms with Crippen LogP contribution in [0.5, 0.6) is 0 Å². The van der Waals surface area contributed by atoms with Crippen LogP contribution in [0, 0.1) is 0 Å². The summed E-state index contributed by atoms with van der Waals surface area (Å²) in [4.78, 5) is 0. The Labute approximate surface area is 79.7 Å². The van der Waals surface area contributed by atoms with E-state index in [-0.39, 0.29) is 10.9 Å². The van der Waals surface area contributed by atoms with Gasteiger partial charge < -0.3 is 5.11 Å². The quantitative estimate of drug-likeness (QED) is 0.694. The van der Waals surface area contributed by atoms with Crippen molar-refractivity contribution in [3.63, 3.8) is 0 Å². The summed E-state index contributed by atoms with van der Waals surface area (Å²) in [5.41, 5.74) is -0.375. The lowest BCUT2D eigenvalue weighted by atomic mass is 9.95. The third-order valence-corrected chi connectivity index (χ3v) is 1.97. The average molecular weight is 201 g/mol. The van der Waals surface area contributed by atoms with E-state index in [0.29, 0.717) is 0 Å². The summed E-state index contributed by atoms with van der Waals surface area (Å²) in [6.07, 6.45) is 2.62. The van der Waals surface area contributed by atoms with Crippen molar-refractivity contribution in [2.75, 3.05) is 5.34 Å². The highest BCUT2D eigenvalue weighted by Gasteiger charge is 2.17. The zero-order valence-electron chi connectivity index (χ0n) is 7.53. The van der Waals surface area contributed by atoms with Crippen molar-refractivity contribution < 1.29 is 5.11 Å². The van der Waals surface area contributed by atoms with Gasteiger partial charge in [0.2, 0.25) is 0 Å². The van der Waals surface area contributed by atoms with Gasteiger partial charge in [-0.05, 0) is 19.3 Å². The van der Waals surface area contributed by atoms with Crippen LogP contribution in [0.2, 0.25) is 0 Å². The second-order valence-corrected chi connectivity index (χ2v) is 3.19.